The average Bonchev–Trinajstić information content (AvgIpc) is 3.22. The summed E-state index contributed by atoms with van der Waals surface area (Å²) in [6, 6.07) is -0.444. The number of carbonyl (C=O) groups is 2. The zero-order chi connectivity index (χ0) is 13.1. The molecule has 2 unspecified atom stereocenters. The van der Waals surface area contributed by atoms with Gasteiger partial charge in [0.15, 0.2) is 0 Å². The number of methoxy groups -OCH3 is 1. The first-order chi connectivity index (χ1) is 8.63. The molecular formula is C13H22N2O3. The number of nitrogens with zero attached hydrogens (tertiary/aromatic N) is 1. The van der Waals surface area contributed by atoms with Crippen LogP contribution in [0.15, 0.2) is 0 Å². The van der Waals surface area contributed by atoms with Gasteiger partial charge in [-0.3, -0.25) is 4.79 Å². The molecule has 2 aliphatic rings. The molecule has 18 heavy (non-hydrogen) atoms. The lowest BCUT2D eigenvalue weighted by atomic mass is 10.0. The van der Waals surface area contributed by atoms with Gasteiger partial charge in [0.25, 0.3) is 0 Å². The lowest BCUT2D eigenvalue weighted by Crippen LogP contribution is -2.49. The van der Waals surface area contributed by atoms with E-state index < -0.39 is 6.04 Å². The Hall–Kier alpha value is -1.10. The molecule has 1 saturated heterocycles. The monoisotopic (exact) mass is 254 g/mol. The first kappa shape index (κ1) is 13.3. The zero-order valence-electron chi connectivity index (χ0n) is 10.9. The lowest BCUT2D eigenvalue weighted by molar-refractivity contribution is -0.154. The van der Waals surface area contributed by atoms with Crippen molar-refractivity contribution >= 4 is 11.9 Å². The predicted molar refractivity (Wildman–Crippen MR) is 66.7 cm³/mol. The Morgan fingerprint density at radius 2 is 2.06 bits per heavy atom. The Bertz CT molecular complexity index is 328. The van der Waals surface area contributed by atoms with Crippen molar-refractivity contribution in [2.24, 2.45) is 11.7 Å². The second-order valence-corrected chi connectivity index (χ2v) is 5.33. The molecule has 1 aliphatic heterocycles. The van der Waals surface area contributed by atoms with Crippen LogP contribution >= 0.6 is 0 Å². The Labute approximate surface area is 108 Å². The number of amides is 1. The van der Waals surface area contributed by atoms with Gasteiger partial charge in [0.05, 0.1) is 7.11 Å². The molecule has 1 saturated carbocycles. The summed E-state index contributed by atoms with van der Waals surface area (Å²) in [6.45, 7) is 0.649. The fourth-order valence-electron chi connectivity index (χ4n) is 2.62. The number of ether oxygens (including phenoxy) is 1. The van der Waals surface area contributed by atoms with Crippen molar-refractivity contribution in [3.05, 3.63) is 0 Å². The second-order valence-electron chi connectivity index (χ2n) is 5.33. The van der Waals surface area contributed by atoms with Gasteiger partial charge in [-0.1, -0.05) is 0 Å². The Kier molecular flexibility index (Phi) is 4.22. The summed E-state index contributed by atoms with van der Waals surface area (Å²) in [6.07, 6.45) is 5.26. The molecule has 1 amide bonds. The molecule has 0 aromatic carbocycles. The van der Waals surface area contributed by atoms with Gasteiger partial charge in [-0.15, -0.1) is 0 Å². The van der Waals surface area contributed by atoms with Gasteiger partial charge in [0.2, 0.25) is 5.91 Å². The van der Waals surface area contributed by atoms with Crippen LogP contribution in [-0.2, 0) is 14.3 Å². The molecule has 102 valence electrons. The summed E-state index contributed by atoms with van der Waals surface area (Å²) < 4.78 is 4.77. The topological polar surface area (TPSA) is 72.6 Å². The van der Waals surface area contributed by atoms with Gasteiger partial charge in [-0.25, -0.2) is 4.79 Å². The highest BCUT2D eigenvalue weighted by Crippen LogP contribution is 2.33. The molecule has 2 rings (SSSR count). The Morgan fingerprint density at radius 1 is 1.33 bits per heavy atom. The highest BCUT2D eigenvalue weighted by Gasteiger charge is 2.36. The van der Waals surface area contributed by atoms with Crippen molar-refractivity contribution in [2.45, 2.75) is 50.6 Å². The van der Waals surface area contributed by atoms with Crippen LogP contribution in [0.5, 0.6) is 0 Å². The molecule has 2 atom stereocenters. The Morgan fingerprint density at radius 3 is 2.67 bits per heavy atom. The van der Waals surface area contributed by atoms with E-state index in [0.29, 0.717) is 25.3 Å². The zero-order valence-corrected chi connectivity index (χ0v) is 10.9. The van der Waals surface area contributed by atoms with Gasteiger partial charge in [0, 0.05) is 19.0 Å². The fraction of sp³-hybridized carbons (Fsp3) is 0.846. The molecule has 2 N–H and O–H groups in total. The minimum atomic E-state index is -0.400. The van der Waals surface area contributed by atoms with Crippen molar-refractivity contribution < 1.29 is 14.3 Å². The van der Waals surface area contributed by atoms with Gasteiger partial charge >= 0.3 is 5.97 Å². The summed E-state index contributed by atoms with van der Waals surface area (Å²) in [5.41, 5.74) is 5.98. The van der Waals surface area contributed by atoms with Gasteiger partial charge in [0.1, 0.15) is 6.04 Å². The van der Waals surface area contributed by atoms with E-state index in [1.165, 1.54) is 7.11 Å². The van der Waals surface area contributed by atoms with Crippen molar-refractivity contribution in [3.63, 3.8) is 0 Å². The van der Waals surface area contributed by atoms with Crippen molar-refractivity contribution in [2.75, 3.05) is 13.7 Å². The lowest BCUT2D eigenvalue weighted by Gasteiger charge is -2.34. The maximum Gasteiger partial charge on any atom is 0.328 e. The van der Waals surface area contributed by atoms with E-state index >= 15 is 0 Å². The first-order valence-corrected chi connectivity index (χ1v) is 6.76. The molecule has 0 spiro atoms. The summed E-state index contributed by atoms with van der Waals surface area (Å²) in [5.74, 6) is 0.211. The van der Waals surface area contributed by atoms with Crippen molar-refractivity contribution in [1.82, 2.24) is 4.90 Å². The van der Waals surface area contributed by atoms with E-state index in [4.69, 9.17) is 10.5 Å². The minimum Gasteiger partial charge on any atom is -0.467 e. The third kappa shape index (κ3) is 3.02. The third-order valence-electron chi connectivity index (χ3n) is 3.93. The van der Waals surface area contributed by atoms with E-state index in [1.807, 2.05) is 0 Å². The number of nitrogens with two attached hydrogens (primary N) is 1. The molecule has 0 radical (unpaired) electrons. The Balaban J connectivity index is 1.94. The van der Waals surface area contributed by atoms with E-state index in [1.54, 1.807) is 4.90 Å². The molecule has 0 aromatic heterocycles. The fourth-order valence-corrected chi connectivity index (χ4v) is 2.62. The number of hydrogen-bond donors (Lipinski definition) is 1. The number of esters is 1. The summed E-state index contributed by atoms with van der Waals surface area (Å²) >= 11 is 0. The quantitative estimate of drug-likeness (QED) is 0.748. The van der Waals surface area contributed by atoms with Crippen LogP contribution in [0.2, 0.25) is 0 Å². The van der Waals surface area contributed by atoms with E-state index in [0.717, 1.165) is 25.7 Å². The molecule has 5 heteroatoms. The van der Waals surface area contributed by atoms with Gasteiger partial charge < -0.3 is 15.4 Å². The van der Waals surface area contributed by atoms with Gasteiger partial charge in [-0.2, -0.15) is 0 Å². The first-order valence-electron chi connectivity index (χ1n) is 6.76. The molecule has 1 heterocycles. The van der Waals surface area contributed by atoms with Crippen molar-refractivity contribution in [3.8, 4) is 0 Å². The van der Waals surface area contributed by atoms with Crippen LogP contribution in [0, 0.1) is 5.92 Å². The summed E-state index contributed by atoms with van der Waals surface area (Å²) in [7, 11) is 1.37. The molecule has 2 fully saturated rings. The van der Waals surface area contributed by atoms with E-state index in [-0.39, 0.29) is 17.9 Å². The largest absolute Gasteiger partial charge is 0.467 e. The smallest absolute Gasteiger partial charge is 0.328 e. The van der Waals surface area contributed by atoms with Crippen molar-refractivity contribution in [1.29, 1.82) is 0 Å². The average molecular weight is 254 g/mol. The minimum absolute atomic E-state index is 0.00417. The van der Waals surface area contributed by atoms with Crippen LogP contribution < -0.4 is 5.73 Å². The third-order valence-corrected chi connectivity index (χ3v) is 3.93. The van der Waals surface area contributed by atoms with E-state index in [9.17, 15) is 9.59 Å². The summed E-state index contributed by atoms with van der Waals surface area (Å²) in [4.78, 5) is 25.5. The highest BCUT2D eigenvalue weighted by atomic mass is 16.5. The number of likely N-dealkylation sites (tertiary alicyclic amines) is 1. The maximum atomic E-state index is 12.2. The number of piperidine rings is 1. The number of carbonyl (C=O) groups excluding carboxylic acids is 2. The number of hydrogen-bond acceptors (Lipinski definition) is 4. The van der Waals surface area contributed by atoms with Crippen LogP contribution in [0.4, 0.5) is 0 Å². The van der Waals surface area contributed by atoms with Crippen LogP contribution in [0.1, 0.15) is 38.5 Å². The standard InChI is InChI=1S/C13H22N2O3/c1-18-13(17)11-4-2-3-7-15(11)12(16)8-10(14)9-5-6-9/h9-11H,2-8,14H2,1H3. The van der Waals surface area contributed by atoms with Crippen LogP contribution in [-0.4, -0.2) is 42.5 Å². The van der Waals surface area contributed by atoms with E-state index in [2.05, 4.69) is 0 Å². The second kappa shape index (κ2) is 5.69. The van der Waals surface area contributed by atoms with Gasteiger partial charge in [-0.05, 0) is 38.0 Å². The molecule has 0 bridgehead atoms. The summed E-state index contributed by atoms with van der Waals surface area (Å²) in [5, 5.41) is 0. The SMILES string of the molecule is COC(=O)C1CCCCN1C(=O)CC(N)C1CC1. The predicted octanol–water partition coefficient (Wildman–Crippen LogP) is 0.668. The molecule has 0 aromatic rings. The molecule has 5 nitrogen and oxygen atoms in total. The van der Waals surface area contributed by atoms with Crippen LogP contribution in [0.3, 0.4) is 0 Å². The molecular weight excluding hydrogens is 232 g/mol. The number of rotatable bonds is 4. The highest BCUT2D eigenvalue weighted by molar-refractivity contribution is 5.85. The normalized spacial score (nSPS) is 25.7. The maximum absolute atomic E-state index is 12.2. The molecule has 1 aliphatic carbocycles. The van der Waals surface area contributed by atoms with Crippen LogP contribution in [0.25, 0.3) is 0 Å².